The molecule has 2 heterocycles. The molecule has 0 unspecified atom stereocenters. The lowest BCUT2D eigenvalue weighted by Gasteiger charge is -2.35. The standard InChI is InChI=1S/C14H18N2O2/c1-16-7-10(9-17)18-14(8-16)12-3-2-4-13-11(12)5-6-15-13/h2-6,10,14-15,17H,7-9H2,1H3/t10-,14+/m1/s1. The molecule has 4 heteroatoms. The van der Waals surface area contributed by atoms with Gasteiger partial charge in [0, 0.05) is 30.2 Å². The molecule has 0 amide bonds. The van der Waals surface area contributed by atoms with Crippen LogP contribution in [0.15, 0.2) is 30.5 Å². The molecule has 1 aliphatic heterocycles. The summed E-state index contributed by atoms with van der Waals surface area (Å²) >= 11 is 0. The molecule has 2 N–H and O–H groups in total. The Hall–Kier alpha value is -1.36. The number of hydrogen-bond acceptors (Lipinski definition) is 3. The molecule has 18 heavy (non-hydrogen) atoms. The molecule has 1 aliphatic rings. The van der Waals surface area contributed by atoms with Crippen molar-refractivity contribution in [3.8, 4) is 0 Å². The van der Waals surface area contributed by atoms with E-state index in [1.165, 1.54) is 10.9 Å². The Morgan fingerprint density at radius 3 is 3.11 bits per heavy atom. The number of aromatic amines is 1. The zero-order valence-corrected chi connectivity index (χ0v) is 10.5. The minimum atomic E-state index is -0.0945. The summed E-state index contributed by atoms with van der Waals surface area (Å²) in [4.78, 5) is 5.43. The van der Waals surface area contributed by atoms with Gasteiger partial charge in [-0.2, -0.15) is 0 Å². The van der Waals surface area contributed by atoms with Gasteiger partial charge in [-0.15, -0.1) is 0 Å². The third-order valence-corrected chi connectivity index (χ3v) is 3.53. The van der Waals surface area contributed by atoms with Gasteiger partial charge in [0.05, 0.1) is 18.8 Å². The number of morpholine rings is 1. The lowest BCUT2D eigenvalue weighted by atomic mass is 10.0. The normalized spacial score (nSPS) is 25.7. The third kappa shape index (κ3) is 2.03. The summed E-state index contributed by atoms with van der Waals surface area (Å²) in [5.74, 6) is 0. The second kappa shape index (κ2) is 4.72. The van der Waals surface area contributed by atoms with Crippen molar-refractivity contribution >= 4 is 10.9 Å². The molecule has 0 saturated carbocycles. The number of nitrogens with zero attached hydrogens (tertiary/aromatic N) is 1. The maximum absolute atomic E-state index is 9.29. The van der Waals surface area contributed by atoms with Crippen LogP contribution < -0.4 is 0 Å². The van der Waals surface area contributed by atoms with Crippen LogP contribution in [0.3, 0.4) is 0 Å². The van der Waals surface area contributed by atoms with Crippen molar-refractivity contribution in [2.75, 3.05) is 26.7 Å². The molecule has 0 spiro atoms. The summed E-state index contributed by atoms with van der Waals surface area (Å²) in [5.41, 5.74) is 2.32. The number of likely N-dealkylation sites (N-methyl/N-ethyl adjacent to an activating group) is 1. The van der Waals surface area contributed by atoms with Crippen LogP contribution in [0.25, 0.3) is 10.9 Å². The predicted molar refractivity (Wildman–Crippen MR) is 70.5 cm³/mol. The Morgan fingerprint density at radius 2 is 2.28 bits per heavy atom. The van der Waals surface area contributed by atoms with E-state index in [-0.39, 0.29) is 18.8 Å². The molecular weight excluding hydrogens is 228 g/mol. The molecule has 1 fully saturated rings. The number of rotatable bonds is 2. The number of hydrogen-bond donors (Lipinski definition) is 2. The van der Waals surface area contributed by atoms with Crippen molar-refractivity contribution in [3.63, 3.8) is 0 Å². The van der Waals surface area contributed by atoms with E-state index in [1.807, 2.05) is 12.3 Å². The van der Waals surface area contributed by atoms with Gasteiger partial charge in [0.15, 0.2) is 0 Å². The molecule has 1 aromatic heterocycles. The van der Waals surface area contributed by atoms with Crippen molar-refractivity contribution in [1.29, 1.82) is 0 Å². The van der Waals surface area contributed by atoms with Crippen molar-refractivity contribution in [2.45, 2.75) is 12.2 Å². The third-order valence-electron chi connectivity index (χ3n) is 3.53. The zero-order valence-electron chi connectivity index (χ0n) is 10.5. The van der Waals surface area contributed by atoms with Crippen LogP contribution >= 0.6 is 0 Å². The van der Waals surface area contributed by atoms with E-state index >= 15 is 0 Å². The largest absolute Gasteiger partial charge is 0.394 e. The number of fused-ring (bicyclic) bond motifs is 1. The lowest BCUT2D eigenvalue weighted by Crippen LogP contribution is -2.43. The van der Waals surface area contributed by atoms with Gasteiger partial charge >= 0.3 is 0 Å². The van der Waals surface area contributed by atoms with Crippen LogP contribution in [0.2, 0.25) is 0 Å². The van der Waals surface area contributed by atoms with E-state index in [1.54, 1.807) is 0 Å². The molecule has 1 saturated heterocycles. The minimum Gasteiger partial charge on any atom is -0.394 e. The fourth-order valence-electron chi connectivity index (χ4n) is 2.69. The first-order valence-corrected chi connectivity index (χ1v) is 6.29. The monoisotopic (exact) mass is 246 g/mol. The number of aliphatic hydroxyl groups is 1. The van der Waals surface area contributed by atoms with Gasteiger partial charge in [0.1, 0.15) is 0 Å². The van der Waals surface area contributed by atoms with Crippen LogP contribution in [0.4, 0.5) is 0 Å². The summed E-state index contributed by atoms with van der Waals surface area (Å²) in [6.45, 7) is 1.72. The summed E-state index contributed by atoms with van der Waals surface area (Å²) in [6.07, 6.45) is 1.88. The topological polar surface area (TPSA) is 48.5 Å². The lowest BCUT2D eigenvalue weighted by molar-refractivity contribution is -0.0981. The average molecular weight is 246 g/mol. The molecule has 3 rings (SSSR count). The van der Waals surface area contributed by atoms with Crippen LogP contribution in [-0.4, -0.2) is 47.8 Å². The van der Waals surface area contributed by atoms with Crippen LogP contribution in [0.5, 0.6) is 0 Å². The Morgan fingerprint density at radius 1 is 1.39 bits per heavy atom. The van der Waals surface area contributed by atoms with Gasteiger partial charge in [0.25, 0.3) is 0 Å². The number of benzene rings is 1. The highest BCUT2D eigenvalue weighted by Gasteiger charge is 2.27. The van der Waals surface area contributed by atoms with E-state index in [0.717, 1.165) is 18.6 Å². The Bertz CT molecular complexity index is 537. The van der Waals surface area contributed by atoms with Gasteiger partial charge in [-0.05, 0) is 24.7 Å². The summed E-state index contributed by atoms with van der Waals surface area (Å²) in [6, 6.07) is 8.29. The first-order valence-electron chi connectivity index (χ1n) is 6.29. The number of H-pyrrole nitrogens is 1. The highest BCUT2D eigenvalue weighted by atomic mass is 16.5. The maximum Gasteiger partial charge on any atom is 0.0963 e. The van der Waals surface area contributed by atoms with Crippen molar-refractivity contribution in [1.82, 2.24) is 9.88 Å². The first kappa shape index (κ1) is 11.7. The summed E-state index contributed by atoms with van der Waals surface area (Å²) in [7, 11) is 2.06. The molecule has 2 atom stereocenters. The van der Waals surface area contributed by atoms with E-state index in [4.69, 9.17) is 4.74 Å². The number of ether oxygens (including phenoxy) is 1. The average Bonchev–Trinajstić information content (AvgIpc) is 2.85. The Balaban J connectivity index is 1.96. The van der Waals surface area contributed by atoms with Gasteiger partial charge in [-0.1, -0.05) is 12.1 Å². The van der Waals surface area contributed by atoms with Gasteiger partial charge in [0.2, 0.25) is 0 Å². The van der Waals surface area contributed by atoms with Gasteiger partial charge in [-0.25, -0.2) is 0 Å². The summed E-state index contributed by atoms with van der Waals surface area (Å²) in [5, 5.41) is 10.5. The van der Waals surface area contributed by atoms with Gasteiger partial charge < -0.3 is 19.7 Å². The highest BCUT2D eigenvalue weighted by molar-refractivity contribution is 5.83. The number of aromatic nitrogens is 1. The molecule has 4 nitrogen and oxygen atoms in total. The van der Waals surface area contributed by atoms with Crippen molar-refractivity contribution < 1.29 is 9.84 Å². The molecule has 96 valence electrons. The smallest absolute Gasteiger partial charge is 0.0963 e. The maximum atomic E-state index is 9.29. The number of nitrogens with one attached hydrogen (secondary N) is 1. The van der Waals surface area contributed by atoms with Crippen molar-refractivity contribution in [2.24, 2.45) is 0 Å². The molecule has 1 aromatic carbocycles. The quantitative estimate of drug-likeness (QED) is 0.845. The van der Waals surface area contributed by atoms with E-state index in [2.05, 4.69) is 35.1 Å². The van der Waals surface area contributed by atoms with E-state index in [9.17, 15) is 5.11 Å². The molecule has 0 bridgehead atoms. The molecule has 0 radical (unpaired) electrons. The van der Waals surface area contributed by atoms with Crippen LogP contribution in [-0.2, 0) is 4.74 Å². The van der Waals surface area contributed by atoms with Crippen molar-refractivity contribution in [3.05, 3.63) is 36.0 Å². The molecule has 2 aromatic rings. The van der Waals surface area contributed by atoms with Gasteiger partial charge in [-0.3, -0.25) is 0 Å². The first-order chi connectivity index (χ1) is 8.78. The van der Waals surface area contributed by atoms with Crippen LogP contribution in [0, 0.1) is 0 Å². The van der Waals surface area contributed by atoms with E-state index in [0.29, 0.717) is 0 Å². The second-order valence-electron chi connectivity index (χ2n) is 4.94. The van der Waals surface area contributed by atoms with E-state index < -0.39 is 0 Å². The SMILES string of the molecule is CN1C[C@H](CO)O[C@H](c2cccc3[nH]ccc23)C1. The second-order valence-corrected chi connectivity index (χ2v) is 4.94. The number of aliphatic hydroxyl groups excluding tert-OH is 1. The Labute approximate surface area is 106 Å². The highest BCUT2D eigenvalue weighted by Crippen LogP contribution is 2.30. The molecular formula is C14H18N2O2. The fourth-order valence-corrected chi connectivity index (χ4v) is 2.69. The molecule has 0 aliphatic carbocycles. The fraction of sp³-hybridized carbons (Fsp3) is 0.429. The van der Waals surface area contributed by atoms with Crippen LogP contribution in [0.1, 0.15) is 11.7 Å². The summed E-state index contributed by atoms with van der Waals surface area (Å²) < 4.78 is 5.96. The minimum absolute atomic E-state index is 0.0281. The predicted octanol–water partition coefficient (Wildman–Crippen LogP) is 1.53. The zero-order chi connectivity index (χ0) is 12.5. The Kier molecular flexibility index (Phi) is 3.07.